The lowest BCUT2D eigenvalue weighted by molar-refractivity contribution is 0.0525. The van der Waals surface area contributed by atoms with Gasteiger partial charge in [-0.1, -0.05) is 26.8 Å². The van der Waals surface area contributed by atoms with Crippen molar-refractivity contribution in [3.8, 4) is 0 Å². The number of hydrogen-bond donors (Lipinski definition) is 1. The first kappa shape index (κ1) is 11.2. The van der Waals surface area contributed by atoms with Gasteiger partial charge < -0.3 is 5.73 Å². The molecule has 1 fully saturated rings. The van der Waals surface area contributed by atoms with E-state index in [9.17, 15) is 0 Å². The largest absolute Gasteiger partial charge is 0.330 e. The molecule has 1 heterocycles. The normalized spacial score (nSPS) is 31.3. The Hall–Kier alpha value is -0.340. The molecule has 1 aromatic rings. The van der Waals surface area contributed by atoms with Crippen molar-refractivity contribution in [2.24, 2.45) is 17.1 Å². The van der Waals surface area contributed by atoms with Crippen molar-refractivity contribution in [3.05, 3.63) is 22.4 Å². The minimum absolute atomic E-state index is 0.312. The van der Waals surface area contributed by atoms with Crippen LogP contribution in [-0.4, -0.2) is 6.54 Å². The molecule has 0 unspecified atom stereocenters. The zero-order valence-electron chi connectivity index (χ0n) is 9.92. The molecule has 0 bridgehead atoms. The fourth-order valence-electron chi connectivity index (χ4n) is 2.54. The Morgan fingerprint density at radius 3 is 2.53 bits per heavy atom. The number of thiophene rings is 1. The topological polar surface area (TPSA) is 26.0 Å². The maximum absolute atomic E-state index is 5.97. The number of hydrogen-bond acceptors (Lipinski definition) is 2. The van der Waals surface area contributed by atoms with Crippen molar-refractivity contribution in [2.75, 3.05) is 6.54 Å². The van der Waals surface area contributed by atoms with Gasteiger partial charge in [-0.3, -0.25) is 0 Å². The molecule has 0 atom stereocenters. The van der Waals surface area contributed by atoms with Crippen LogP contribution >= 0.6 is 11.3 Å². The van der Waals surface area contributed by atoms with Crippen LogP contribution in [0, 0.1) is 11.3 Å². The molecule has 1 aromatic heterocycles. The summed E-state index contributed by atoms with van der Waals surface area (Å²) in [6.45, 7) is 7.83. The van der Waals surface area contributed by atoms with Crippen LogP contribution in [0.25, 0.3) is 0 Å². The summed E-state index contributed by atoms with van der Waals surface area (Å²) in [5.41, 5.74) is 6.72. The molecule has 1 saturated carbocycles. The highest BCUT2D eigenvalue weighted by atomic mass is 32.1. The van der Waals surface area contributed by atoms with E-state index in [4.69, 9.17) is 5.73 Å². The van der Waals surface area contributed by atoms with Crippen LogP contribution in [0.3, 0.4) is 0 Å². The van der Waals surface area contributed by atoms with E-state index in [2.05, 4.69) is 38.3 Å². The zero-order valence-corrected chi connectivity index (χ0v) is 10.7. The van der Waals surface area contributed by atoms with Gasteiger partial charge in [0, 0.05) is 16.8 Å². The van der Waals surface area contributed by atoms with Crippen molar-refractivity contribution >= 4 is 11.3 Å². The second kappa shape index (κ2) is 3.60. The second-order valence-corrected chi connectivity index (χ2v) is 6.88. The van der Waals surface area contributed by atoms with Gasteiger partial charge in [-0.2, -0.15) is 0 Å². The summed E-state index contributed by atoms with van der Waals surface area (Å²) in [7, 11) is 0. The molecule has 0 amide bonds. The minimum atomic E-state index is 0.312. The molecule has 0 aromatic carbocycles. The van der Waals surface area contributed by atoms with Gasteiger partial charge in [0.2, 0.25) is 0 Å². The van der Waals surface area contributed by atoms with E-state index in [1.54, 1.807) is 0 Å². The third-order valence-electron chi connectivity index (χ3n) is 3.93. The van der Waals surface area contributed by atoms with Crippen molar-refractivity contribution in [2.45, 2.75) is 39.0 Å². The van der Waals surface area contributed by atoms with Gasteiger partial charge in [0.25, 0.3) is 0 Å². The molecular weight excluding hydrogens is 202 g/mol. The molecule has 84 valence electrons. The summed E-state index contributed by atoms with van der Waals surface area (Å²) in [4.78, 5) is 1.49. The Morgan fingerprint density at radius 2 is 2.13 bits per heavy atom. The van der Waals surface area contributed by atoms with Gasteiger partial charge in [0.1, 0.15) is 0 Å². The second-order valence-electron chi connectivity index (χ2n) is 5.93. The van der Waals surface area contributed by atoms with Crippen molar-refractivity contribution in [3.63, 3.8) is 0 Å². The van der Waals surface area contributed by atoms with Crippen LogP contribution < -0.4 is 5.73 Å². The average molecular weight is 223 g/mol. The molecule has 1 nitrogen and oxygen atoms in total. The first-order chi connectivity index (χ1) is 6.98. The fraction of sp³-hybridized carbons (Fsp3) is 0.692. The number of rotatable bonds is 2. The molecular formula is C13H21NS. The van der Waals surface area contributed by atoms with Crippen LogP contribution in [-0.2, 0) is 5.41 Å². The minimum Gasteiger partial charge on any atom is -0.330 e. The van der Waals surface area contributed by atoms with Crippen LogP contribution in [0.1, 0.15) is 38.5 Å². The van der Waals surface area contributed by atoms with Gasteiger partial charge in [0.05, 0.1) is 0 Å². The Bertz CT molecular complexity index is 315. The quantitative estimate of drug-likeness (QED) is 0.817. The Balaban J connectivity index is 2.11. The fourth-order valence-corrected chi connectivity index (χ4v) is 3.51. The Kier molecular flexibility index (Phi) is 2.68. The van der Waals surface area contributed by atoms with E-state index in [0.29, 0.717) is 10.8 Å². The number of nitrogens with two attached hydrogens (primary N) is 1. The Labute approximate surface area is 96.7 Å². The van der Waals surface area contributed by atoms with Gasteiger partial charge >= 0.3 is 0 Å². The van der Waals surface area contributed by atoms with E-state index in [-0.39, 0.29) is 0 Å². The molecule has 0 aliphatic heterocycles. The lowest BCUT2D eigenvalue weighted by atomic mass is 9.54. The van der Waals surface area contributed by atoms with E-state index >= 15 is 0 Å². The molecule has 0 saturated heterocycles. The zero-order chi connectivity index (χ0) is 11.1. The SMILES string of the molecule is CC(C)(C)C1CC(CN)(c2cccs2)C1. The van der Waals surface area contributed by atoms with Crippen LogP contribution in [0.2, 0.25) is 0 Å². The summed E-state index contributed by atoms with van der Waals surface area (Å²) in [5.74, 6) is 0.836. The van der Waals surface area contributed by atoms with Gasteiger partial charge in [-0.25, -0.2) is 0 Å². The molecule has 1 aliphatic rings. The highest BCUT2D eigenvalue weighted by Gasteiger charge is 2.48. The monoisotopic (exact) mass is 223 g/mol. The molecule has 15 heavy (non-hydrogen) atoms. The third kappa shape index (κ3) is 1.85. The van der Waals surface area contributed by atoms with Crippen molar-refractivity contribution in [1.29, 1.82) is 0 Å². The summed E-state index contributed by atoms with van der Waals surface area (Å²) in [6.07, 6.45) is 2.54. The van der Waals surface area contributed by atoms with E-state index < -0.39 is 0 Å². The van der Waals surface area contributed by atoms with Crippen LogP contribution in [0.4, 0.5) is 0 Å². The van der Waals surface area contributed by atoms with E-state index in [1.165, 1.54) is 17.7 Å². The smallest absolute Gasteiger partial charge is 0.0175 e. The first-order valence-corrected chi connectivity index (χ1v) is 6.60. The van der Waals surface area contributed by atoms with E-state index in [1.807, 2.05) is 11.3 Å². The van der Waals surface area contributed by atoms with Crippen LogP contribution in [0.5, 0.6) is 0 Å². The van der Waals surface area contributed by atoms with Gasteiger partial charge in [-0.15, -0.1) is 11.3 Å². The van der Waals surface area contributed by atoms with Gasteiger partial charge in [0.15, 0.2) is 0 Å². The maximum Gasteiger partial charge on any atom is 0.0175 e. The maximum atomic E-state index is 5.97. The predicted octanol–water partition coefficient (Wildman–Crippen LogP) is 3.40. The summed E-state index contributed by atoms with van der Waals surface area (Å²) < 4.78 is 0. The lowest BCUT2D eigenvalue weighted by Crippen LogP contribution is -2.50. The third-order valence-corrected chi connectivity index (χ3v) is 5.05. The first-order valence-electron chi connectivity index (χ1n) is 5.72. The lowest BCUT2D eigenvalue weighted by Gasteiger charge is -2.52. The predicted molar refractivity (Wildman–Crippen MR) is 67.2 cm³/mol. The molecule has 2 N–H and O–H groups in total. The molecule has 0 radical (unpaired) electrons. The molecule has 2 rings (SSSR count). The van der Waals surface area contributed by atoms with Gasteiger partial charge in [-0.05, 0) is 35.6 Å². The van der Waals surface area contributed by atoms with E-state index in [0.717, 1.165) is 12.5 Å². The van der Waals surface area contributed by atoms with Crippen molar-refractivity contribution < 1.29 is 0 Å². The molecule has 2 heteroatoms. The Morgan fingerprint density at radius 1 is 1.47 bits per heavy atom. The summed E-state index contributed by atoms with van der Waals surface area (Å²) >= 11 is 1.86. The molecule has 1 aliphatic carbocycles. The summed E-state index contributed by atoms with van der Waals surface area (Å²) in [6, 6.07) is 4.39. The average Bonchev–Trinajstić information content (AvgIpc) is 2.54. The highest BCUT2D eigenvalue weighted by Crippen LogP contribution is 2.54. The standard InChI is InChI=1S/C13H21NS/c1-12(2,3)10-7-13(8-10,9-14)11-5-4-6-15-11/h4-6,10H,7-9,14H2,1-3H3. The summed E-state index contributed by atoms with van der Waals surface area (Å²) in [5, 5.41) is 2.16. The van der Waals surface area contributed by atoms with Crippen LogP contribution in [0.15, 0.2) is 17.5 Å². The van der Waals surface area contributed by atoms with Crippen molar-refractivity contribution in [1.82, 2.24) is 0 Å². The highest BCUT2D eigenvalue weighted by molar-refractivity contribution is 7.10. The molecule has 0 spiro atoms.